The first-order chi connectivity index (χ1) is 10.0. The predicted octanol–water partition coefficient (Wildman–Crippen LogP) is 3.98. The quantitative estimate of drug-likeness (QED) is 0.755. The van der Waals surface area contributed by atoms with E-state index >= 15 is 0 Å². The van der Waals surface area contributed by atoms with Gasteiger partial charge in [-0.15, -0.1) is 0 Å². The van der Waals surface area contributed by atoms with E-state index in [-0.39, 0.29) is 11.0 Å². The SMILES string of the molecule is O=S(=O)(OC1C2CC3CC(C2)CC1C3)c1ccc(Br)cc1. The number of hydrogen-bond acceptors (Lipinski definition) is 3. The van der Waals surface area contributed by atoms with Crippen LogP contribution >= 0.6 is 15.9 Å². The molecule has 3 nitrogen and oxygen atoms in total. The number of halogens is 1. The highest BCUT2D eigenvalue weighted by Crippen LogP contribution is 2.55. The van der Waals surface area contributed by atoms with Gasteiger partial charge in [-0.3, -0.25) is 4.18 Å². The molecule has 0 heterocycles. The Balaban J connectivity index is 1.56. The first-order valence-corrected chi connectivity index (χ1v) is 9.90. The zero-order valence-corrected chi connectivity index (χ0v) is 14.1. The normalized spacial score (nSPS) is 37.9. The molecule has 0 aliphatic heterocycles. The fourth-order valence-corrected chi connectivity index (χ4v) is 6.29. The number of benzene rings is 1. The zero-order chi connectivity index (χ0) is 14.6. The Kier molecular flexibility index (Phi) is 3.43. The molecule has 4 bridgehead atoms. The summed E-state index contributed by atoms with van der Waals surface area (Å²) < 4.78 is 31.6. The van der Waals surface area contributed by atoms with E-state index in [0.717, 1.165) is 42.0 Å². The van der Waals surface area contributed by atoms with E-state index in [1.54, 1.807) is 24.3 Å². The average molecular weight is 371 g/mol. The molecular formula is C16H19BrO3S. The van der Waals surface area contributed by atoms with Gasteiger partial charge in [0.15, 0.2) is 0 Å². The van der Waals surface area contributed by atoms with Gasteiger partial charge < -0.3 is 0 Å². The van der Waals surface area contributed by atoms with Crippen molar-refractivity contribution in [2.24, 2.45) is 23.7 Å². The van der Waals surface area contributed by atoms with Crippen LogP contribution in [0.2, 0.25) is 0 Å². The molecule has 1 aromatic rings. The summed E-state index contributed by atoms with van der Waals surface area (Å²) in [5, 5.41) is 0. The third kappa shape index (κ3) is 2.57. The molecule has 0 radical (unpaired) electrons. The lowest BCUT2D eigenvalue weighted by molar-refractivity contribution is -0.0764. The summed E-state index contributed by atoms with van der Waals surface area (Å²) in [5.41, 5.74) is 0. The van der Waals surface area contributed by atoms with Crippen LogP contribution in [0.1, 0.15) is 32.1 Å². The Bertz CT molecular complexity index is 610. The third-order valence-electron chi connectivity index (χ3n) is 5.48. The van der Waals surface area contributed by atoms with Gasteiger partial charge in [0.25, 0.3) is 10.1 Å². The van der Waals surface area contributed by atoms with Crippen molar-refractivity contribution in [1.82, 2.24) is 0 Å². The summed E-state index contributed by atoms with van der Waals surface area (Å²) in [6, 6.07) is 6.70. The van der Waals surface area contributed by atoms with E-state index in [9.17, 15) is 8.42 Å². The van der Waals surface area contributed by atoms with Gasteiger partial charge >= 0.3 is 0 Å². The summed E-state index contributed by atoms with van der Waals surface area (Å²) >= 11 is 3.33. The van der Waals surface area contributed by atoms with E-state index in [2.05, 4.69) is 15.9 Å². The Labute approximate surface area is 134 Å². The van der Waals surface area contributed by atoms with Crippen LogP contribution in [0.25, 0.3) is 0 Å². The molecule has 0 N–H and O–H groups in total. The molecule has 1 aromatic carbocycles. The van der Waals surface area contributed by atoms with Crippen molar-refractivity contribution in [3.8, 4) is 0 Å². The topological polar surface area (TPSA) is 43.4 Å². The molecule has 4 aliphatic carbocycles. The van der Waals surface area contributed by atoms with Crippen molar-refractivity contribution < 1.29 is 12.6 Å². The second-order valence-corrected chi connectivity index (χ2v) is 9.39. The second kappa shape index (κ2) is 5.07. The van der Waals surface area contributed by atoms with Crippen LogP contribution in [0, 0.1) is 23.7 Å². The molecule has 5 rings (SSSR count). The van der Waals surface area contributed by atoms with Gasteiger partial charge in [0.05, 0.1) is 11.0 Å². The molecule has 114 valence electrons. The maximum atomic E-state index is 12.5. The van der Waals surface area contributed by atoms with Crippen molar-refractivity contribution in [3.63, 3.8) is 0 Å². The van der Waals surface area contributed by atoms with Crippen molar-refractivity contribution in [2.45, 2.75) is 43.1 Å². The molecule has 0 aromatic heterocycles. The van der Waals surface area contributed by atoms with Crippen LogP contribution in [-0.2, 0) is 14.3 Å². The van der Waals surface area contributed by atoms with Gasteiger partial charge in [-0.1, -0.05) is 15.9 Å². The summed E-state index contributed by atoms with van der Waals surface area (Å²) in [4.78, 5) is 0.263. The maximum absolute atomic E-state index is 12.5. The van der Waals surface area contributed by atoms with Gasteiger partial charge in [0.2, 0.25) is 0 Å². The molecule has 0 spiro atoms. The zero-order valence-electron chi connectivity index (χ0n) is 11.7. The number of rotatable bonds is 3. The molecule has 0 atom stereocenters. The van der Waals surface area contributed by atoms with E-state index in [0.29, 0.717) is 11.8 Å². The summed E-state index contributed by atoms with van der Waals surface area (Å²) in [7, 11) is -3.64. The van der Waals surface area contributed by atoms with Crippen molar-refractivity contribution in [3.05, 3.63) is 28.7 Å². The van der Waals surface area contributed by atoms with Crippen molar-refractivity contribution in [1.29, 1.82) is 0 Å². The van der Waals surface area contributed by atoms with E-state index in [1.165, 1.54) is 6.42 Å². The standard InChI is InChI=1S/C16H19BrO3S/c17-14-1-3-15(4-2-14)21(18,19)20-16-12-6-10-5-11(8-12)9-13(16)7-10/h1-4,10-13,16H,5-9H2. The monoisotopic (exact) mass is 370 g/mol. The maximum Gasteiger partial charge on any atom is 0.297 e. The lowest BCUT2D eigenvalue weighted by Crippen LogP contribution is -2.50. The highest BCUT2D eigenvalue weighted by molar-refractivity contribution is 9.10. The van der Waals surface area contributed by atoms with E-state index in [4.69, 9.17) is 4.18 Å². The minimum atomic E-state index is -3.64. The van der Waals surface area contributed by atoms with Crippen LogP contribution in [0.4, 0.5) is 0 Å². The minimum absolute atomic E-state index is 0.0913. The lowest BCUT2D eigenvalue weighted by Gasteiger charge is -2.53. The Hall–Kier alpha value is -0.390. The lowest BCUT2D eigenvalue weighted by atomic mass is 9.55. The first-order valence-electron chi connectivity index (χ1n) is 7.70. The van der Waals surface area contributed by atoms with Crippen LogP contribution < -0.4 is 0 Å². The Morgan fingerprint density at radius 2 is 1.43 bits per heavy atom. The van der Waals surface area contributed by atoms with Crippen molar-refractivity contribution in [2.75, 3.05) is 0 Å². The highest BCUT2D eigenvalue weighted by atomic mass is 79.9. The van der Waals surface area contributed by atoms with E-state index in [1.807, 2.05) is 0 Å². The molecule has 0 saturated heterocycles. The molecule has 5 heteroatoms. The molecule has 21 heavy (non-hydrogen) atoms. The Morgan fingerprint density at radius 1 is 0.905 bits per heavy atom. The average Bonchev–Trinajstić information content (AvgIpc) is 2.42. The van der Waals surface area contributed by atoms with Crippen LogP contribution in [0.3, 0.4) is 0 Å². The van der Waals surface area contributed by atoms with Gasteiger partial charge in [-0.25, -0.2) is 0 Å². The molecule has 0 unspecified atom stereocenters. The van der Waals surface area contributed by atoms with Crippen molar-refractivity contribution >= 4 is 26.0 Å². The molecule has 4 fully saturated rings. The second-order valence-electron chi connectivity index (χ2n) is 6.90. The molecular weight excluding hydrogens is 352 g/mol. The Morgan fingerprint density at radius 3 is 1.95 bits per heavy atom. The minimum Gasteiger partial charge on any atom is -0.262 e. The summed E-state index contributed by atoms with van der Waals surface area (Å²) in [6.45, 7) is 0. The van der Waals surface area contributed by atoms with Crippen LogP contribution in [-0.4, -0.2) is 14.5 Å². The molecule has 4 saturated carbocycles. The van der Waals surface area contributed by atoms with Gasteiger partial charge in [-0.2, -0.15) is 8.42 Å². The molecule has 4 aliphatic rings. The van der Waals surface area contributed by atoms with Gasteiger partial charge in [0.1, 0.15) is 0 Å². The van der Waals surface area contributed by atoms with Crippen LogP contribution in [0.5, 0.6) is 0 Å². The smallest absolute Gasteiger partial charge is 0.262 e. The number of hydrogen-bond donors (Lipinski definition) is 0. The van der Waals surface area contributed by atoms with Gasteiger partial charge in [-0.05, 0) is 80.0 Å². The largest absolute Gasteiger partial charge is 0.297 e. The van der Waals surface area contributed by atoms with Crippen LogP contribution in [0.15, 0.2) is 33.6 Å². The highest BCUT2D eigenvalue weighted by Gasteiger charge is 2.50. The molecule has 0 amide bonds. The fraction of sp³-hybridized carbons (Fsp3) is 0.625. The third-order valence-corrected chi connectivity index (χ3v) is 7.33. The van der Waals surface area contributed by atoms with Gasteiger partial charge in [0, 0.05) is 4.47 Å². The van der Waals surface area contributed by atoms with E-state index < -0.39 is 10.1 Å². The summed E-state index contributed by atoms with van der Waals surface area (Å²) in [6.07, 6.45) is 5.91. The first kappa shape index (κ1) is 14.2. The predicted molar refractivity (Wildman–Crippen MR) is 83.2 cm³/mol. The summed E-state index contributed by atoms with van der Waals surface area (Å²) in [5.74, 6) is 2.54. The fourth-order valence-electron chi connectivity index (χ4n) is 4.84.